The van der Waals surface area contributed by atoms with Gasteiger partial charge in [-0.2, -0.15) is 0 Å². The fourth-order valence-electron chi connectivity index (χ4n) is 3.55. The molecule has 0 spiro atoms. The second-order valence-electron chi connectivity index (χ2n) is 7.87. The van der Waals surface area contributed by atoms with Crippen LogP contribution >= 0.6 is 0 Å². The fourth-order valence-corrected chi connectivity index (χ4v) is 3.55. The molecule has 0 aliphatic heterocycles. The number of furan rings is 3. The molecule has 2 N–H and O–H groups in total. The van der Waals surface area contributed by atoms with E-state index in [1.165, 1.54) is 29.8 Å². The highest BCUT2D eigenvalue weighted by molar-refractivity contribution is 5.95. The number of nitrogens with zero attached hydrogens (tertiary/aromatic N) is 1. The summed E-state index contributed by atoms with van der Waals surface area (Å²) in [6.07, 6.45) is 4.39. The van der Waals surface area contributed by atoms with Gasteiger partial charge in [-0.1, -0.05) is 29.8 Å². The number of carbonyl (C=O) groups excluding carboxylic acids is 3. The molecule has 0 saturated heterocycles. The second-order valence-corrected chi connectivity index (χ2v) is 7.87. The molecule has 180 valence electrons. The smallest absolute Gasteiger partial charge is 0.287 e. The van der Waals surface area contributed by atoms with Crippen LogP contribution in [0, 0.1) is 6.92 Å². The van der Waals surface area contributed by atoms with Gasteiger partial charge in [0.2, 0.25) is 11.8 Å². The van der Waals surface area contributed by atoms with E-state index in [1.54, 1.807) is 42.5 Å². The molecule has 4 aromatic rings. The lowest BCUT2D eigenvalue weighted by Gasteiger charge is -2.31. The predicted molar refractivity (Wildman–Crippen MR) is 125 cm³/mol. The molecular weight excluding hydrogens is 450 g/mol. The molecule has 35 heavy (non-hydrogen) atoms. The van der Waals surface area contributed by atoms with E-state index in [0.29, 0.717) is 17.1 Å². The summed E-state index contributed by atoms with van der Waals surface area (Å²) in [7, 11) is 0. The molecule has 3 heterocycles. The second kappa shape index (κ2) is 11.1. The predicted octanol–water partition coefficient (Wildman–Crippen LogP) is 3.59. The van der Waals surface area contributed by atoms with Crippen molar-refractivity contribution in [2.24, 2.45) is 0 Å². The van der Waals surface area contributed by atoms with Gasteiger partial charge >= 0.3 is 0 Å². The summed E-state index contributed by atoms with van der Waals surface area (Å²) in [5.41, 5.74) is 1.63. The van der Waals surface area contributed by atoms with Crippen molar-refractivity contribution < 1.29 is 27.6 Å². The summed E-state index contributed by atoms with van der Waals surface area (Å²) in [6, 6.07) is 16.3. The maximum atomic E-state index is 13.4. The van der Waals surface area contributed by atoms with Crippen LogP contribution in [0.3, 0.4) is 0 Å². The van der Waals surface area contributed by atoms with Crippen molar-refractivity contribution in [1.29, 1.82) is 0 Å². The Kier molecular flexibility index (Phi) is 7.47. The summed E-state index contributed by atoms with van der Waals surface area (Å²) >= 11 is 0. The average molecular weight is 476 g/mol. The Hall–Kier alpha value is -4.53. The van der Waals surface area contributed by atoms with Crippen molar-refractivity contribution >= 4 is 17.7 Å². The van der Waals surface area contributed by atoms with Crippen LogP contribution in [0.1, 0.15) is 39.2 Å². The van der Waals surface area contributed by atoms with E-state index in [2.05, 4.69) is 10.6 Å². The highest BCUT2D eigenvalue weighted by atomic mass is 16.3. The van der Waals surface area contributed by atoms with Crippen LogP contribution in [0.4, 0.5) is 0 Å². The number of hydrogen-bond donors (Lipinski definition) is 2. The average Bonchev–Trinajstić information content (AvgIpc) is 3.65. The number of aryl methyl sites for hydroxylation is 1. The summed E-state index contributed by atoms with van der Waals surface area (Å²) < 4.78 is 15.9. The summed E-state index contributed by atoms with van der Waals surface area (Å²) in [5.74, 6) is -0.248. The van der Waals surface area contributed by atoms with E-state index in [9.17, 15) is 14.4 Å². The Morgan fingerprint density at radius 3 is 2.11 bits per heavy atom. The minimum Gasteiger partial charge on any atom is -0.467 e. The Bertz CT molecular complexity index is 1230. The molecule has 3 aromatic heterocycles. The molecule has 1 atom stereocenters. The van der Waals surface area contributed by atoms with Crippen LogP contribution in [-0.2, 0) is 22.7 Å². The number of hydrogen-bond acceptors (Lipinski definition) is 6. The Morgan fingerprint density at radius 2 is 1.49 bits per heavy atom. The lowest BCUT2D eigenvalue weighted by Crippen LogP contribution is -2.46. The number of benzene rings is 1. The van der Waals surface area contributed by atoms with Crippen LogP contribution < -0.4 is 10.6 Å². The van der Waals surface area contributed by atoms with E-state index in [1.807, 2.05) is 19.1 Å². The van der Waals surface area contributed by atoms with E-state index in [-0.39, 0.29) is 25.4 Å². The first-order valence-electron chi connectivity index (χ1n) is 11.0. The molecule has 9 heteroatoms. The normalized spacial score (nSPS) is 11.6. The summed E-state index contributed by atoms with van der Waals surface area (Å²) in [4.78, 5) is 40.5. The highest BCUT2D eigenvalue weighted by Gasteiger charge is 2.32. The first kappa shape index (κ1) is 23.6. The van der Waals surface area contributed by atoms with Gasteiger partial charge in [0.1, 0.15) is 17.6 Å². The van der Waals surface area contributed by atoms with Gasteiger partial charge in [-0.05, 0) is 48.9 Å². The summed E-state index contributed by atoms with van der Waals surface area (Å²) in [5, 5.41) is 5.39. The zero-order valence-electron chi connectivity index (χ0n) is 19.1. The maximum Gasteiger partial charge on any atom is 0.287 e. The molecule has 1 aromatic carbocycles. The molecule has 0 aliphatic rings. The van der Waals surface area contributed by atoms with Gasteiger partial charge in [0.15, 0.2) is 5.76 Å². The molecule has 0 unspecified atom stereocenters. The monoisotopic (exact) mass is 475 g/mol. The van der Waals surface area contributed by atoms with Crippen molar-refractivity contribution in [2.45, 2.75) is 26.1 Å². The highest BCUT2D eigenvalue weighted by Crippen LogP contribution is 2.25. The Morgan fingerprint density at radius 1 is 0.829 bits per heavy atom. The molecule has 0 aliphatic carbocycles. The van der Waals surface area contributed by atoms with Crippen molar-refractivity contribution in [3.8, 4) is 0 Å². The van der Waals surface area contributed by atoms with E-state index < -0.39 is 23.8 Å². The van der Waals surface area contributed by atoms with Gasteiger partial charge in [0.05, 0.1) is 38.4 Å². The fraction of sp³-hybridized carbons (Fsp3) is 0.192. The topological polar surface area (TPSA) is 118 Å². The van der Waals surface area contributed by atoms with Gasteiger partial charge in [0.25, 0.3) is 5.91 Å². The molecule has 4 rings (SSSR count). The van der Waals surface area contributed by atoms with Crippen LogP contribution in [0.25, 0.3) is 0 Å². The van der Waals surface area contributed by atoms with Crippen molar-refractivity contribution in [3.63, 3.8) is 0 Å². The van der Waals surface area contributed by atoms with E-state index in [0.717, 1.165) is 5.56 Å². The van der Waals surface area contributed by atoms with Gasteiger partial charge in [0, 0.05) is 0 Å². The zero-order valence-corrected chi connectivity index (χ0v) is 19.1. The Labute approximate surface area is 201 Å². The van der Waals surface area contributed by atoms with Crippen LogP contribution in [-0.4, -0.2) is 29.2 Å². The van der Waals surface area contributed by atoms with E-state index in [4.69, 9.17) is 13.3 Å². The van der Waals surface area contributed by atoms with Crippen LogP contribution in [0.5, 0.6) is 0 Å². The van der Waals surface area contributed by atoms with Gasteiger partial charge < -0.3 is 28.8 Å². The SMILES string of the molecule is Cc1ccc([C@H](C(=O)NCc2ccco2)N(Cc2ccco2)C(=O)CNC(=O)c2ccco2)cc1. The largest absolute Gasteiger partial charge is 0.467 e. The number of amides is 3. The third-order valence-electron chi connectivity index (χ3n) is 5.34. The molecule has 0 radical (unpaired) electrons. The number of nitrogens with one attached hydrogen (secondary N) is 2. The van der Waals surface area contributed by atoms with Gasteiger partial charge in [-0.15, -0.1) is 0 Å². The van der Waals surface area contributed by atoms with E-state index >= 15 is 0 Å². The third kappa shape index (κ3) is 6.08. The summed E-state index contributed by atoms with van der Waals surface area (Å²) in [6.45, 7) is 1.78. The van der Waals surface area contributed by atoms with Gasteiger partial charge in [-0.3, -0.25) is 14.4 Å². The van der Waals surface area contributed by atoms with Crippen LogP contribution in [0.15, 0.2) is 92.7 Å². The minimum atomic E-state index is -0.983. The molecular formula is C26H25N3O6. The number of carbonyl (C=O) groups is 3. The quantitative estimate of drug-likeness (QED) is 0.362. The van der Waals surface area contributed by atoms with Crippen molar-refractivity contribution in [1.82, 2.24) is 15.5 Å². The zero-order chi connectivity index (χ0) is 24.6. The molecule has 0 fully saturated rings. The molecule has 9 nitrogen and oxygen atoms in total. The lowest BCUT2D eigenvalue weighted by molar-refractivity contribution is -0.141. The first-order chi connectivity index (χ1) is 17.0. The lowest BCUT2D eigenvalue weighted by atomic mass is 10.0. The minimum absolute atomic E-state index is 0.0230. The molecule has 0 bridgehead atoms. The van der Waals surface area contributed by atoms with Crippen molar-refractivity contribution in [2.75, 3.05) is 6.54 Å². The third-order valence-corrected chi connectivity index (χ3v) is 5.34. The molecule has 3 amide bonds. The standard InChI is InChI=1S/C26H25N3O6/c1-18-8-10-19(11-9-18)24(26(32)27-15-20-5-2-12-33-20)29(17-21-6-3-13-34-21)23(30)16-28-25(31)22-7-4-14-35-22/h2-14,24H,15-17H2,1H3,(H,27,32)(H,28,31)/t24-/m1/s1. The Balaban J connectivity index is 1.60. The van der Waals surface area contributed by atoms with Gasteiger partial charge in [-0.25, -0.2) is 0 Å². The molecule has 0 saturated carbocycles. The number of rotatable bonds is 10. The van der Waals surface area contributed by atoms with Crippen molar-refractivity contribution in [3.05, 3.63) is 108 Å². The van der Waals surface area contributed by atoms with Crippen LogP contribution in [0.2, 0.25) is 0 Å². The maximum absolute atomic E-state index is 13.4. The first-order valence-corrected chi connectivity index (χ1v) is 11.0.